The van der Waals surface area contributed by atoms with Crippen molar-refractivity contribution in [1.82, 2.24) is 9.21 Å². The highest BCUT2D eigenvalue weighted by molar-refractivity contribution is 9.10. The molecule has 0 bridgehead atoms. The first-order valence-electron chi connectivity index (χ1n) is 6.61. The van der Waals surface area contributed by atoms with E-state index in [0.29, 0.717) is 26.2 Å². The van der Waals surface area contributed by atoms with Gasteiger partial charge in [0, 0.05) is 30.7 Å². The highest BCUT2D eigenvalue weighted by Crippen LogP contribution is 2.21. The lowest BCUT2D eigenvalue weighted by atomic mass is 10.2. The van der Waals surface area contributed by atoms with Crippen molar-refractivity contribution in [2.24, 2.45) is 5.73 Å². The van der Waals surface area contributed by atoms with Crippen molar-refractivity contribution in [1.29, 1.82) is 0 Å². The lowest BCUT2D eigenvalue weighted by molar-refractivity contribution is -0.123. The van der Waals surface area contributed by atoms with E-state index >= 15 is 0 Å². The monoisotopic (exact) mass is 375 g/mol. The minimum absolute atomic E-state index is 0.272. The van der Waals surface area contributed by atoms with Gasteiger partial charge in [-0.3, -0.25) is 9.69 Å². The van der Waals surface area contributed by atoms with Crippen LogP contribution in [0.5, 0.6) is 0 Å². The van der Waals surface area contributed by atoms with Crippen LogP contribution in [0.4, 0.5) is 0 Å². The molecule has 6 nitrogen and oxygen atoms in total. The predicted octanol–water partition coefficient (Wildman–Crippen LogP) is 0.629. The van der Waals surface area contributed by atoms with Gasteiger partial charge in [0.1, 0.15) is 0 Å². The molecule has 1 fully saturated rings. The van der Waals surface area contributed by atoms with Gasteiger partial charge in [-0.1, -0.05) is 22.0 Å². The molecule has 1 aromatic carbocycles. The van der Waals surface area contributed by atoms with Crippen LogP contribution in [0.3, 0.4) is 0 Å². The third-order valence-corrected chi connectivity index (χ3v) is 6.05. The Morgan fingerprint density at radius 3 is 2.43 bits per heavy atom. The van der Waals surface area contributed by atoms with Crippen molar-refractivity contribution >= 4 is 31.9 Å². The summed E-state index contributed by atoms with van der Waals surface area (Å²) in [4.78, 5) is 13.3. The molecule has 0 unspecified atom stereocenters. The molecule has 0 aliphatic carbocycles. The van der Waals surface area contributed by atoms with E-state index in [-0.39, 0.29) is 10.9 Å². The molecule has 1 aliphatic rings. The summed E-state index contributed by atoms with van der Waals surface area (Å²) in [6.45, 7) is 3.44. The van der Waals surface area contributed by atoms with Crippen LogP contribution < -0.4 is 5.73 Å². The van der Waals surface area contributed by atoms with Gasteiger partial charge in [-0.05, 0) is 25.1 Å². The second kappa shape index (κ2) is 6.43. The summed E-state index contributed by atoms with van der Waals surface area (Å²) in [5, 5.41) is 0. The molecule has 8 heteroatoms. The minimum atomic E-state index is -3.49. The molecule has 1 atom stereocenters. The van der Waals surface area contributed by atoms with Crippen molar-refractivity contribution < 1.29 is 13.2 Å². The van der Waals surface area contributed by atoms with E-state index in [2.05, 4.69) is 15.9 Å². The summed E-state index contributed by atoms with van der Waals surface area (Å²) in [7, 11) is -3.49. The summed E-state index contributed by atoms with van der Waals surface area (Å²) in [6.07, 6.45) is 0. The van der Waals surface area contributed by atoms with Crippen molar-refractivity contribution in [2.45, 2.75) is 17.9 Å². The second-order valence-electron chi connectivity index (χ2n) is 4.98. The number of primary amides is 1. The average molecular weight is 376 g/mol. The van der Waals surface area contributed by atoms with E-state index in [1.807, 2.05) is 4.90 Å². The molecule has 0 saturated carbocycles. The summed E-state index contributed by atoms with van der Waals surface area (Å²) in [6, 6.07) is 6.28. The predicted molar refractivity (Wildman–Crippen MR) is 83.1 cm³/mol. The average Bonchev–Trinajstić information content (AvgIpc) is 2.46. The smallest absolute Gasteiger partial charge is 0.243 e. The summed E-state index contributed by atoms with van der Waals surface area (Å²) < 4.78 is 27.3. The largest absolute Gasteiger partial charge is 0.368 e. The third kappa shape index (κ3) is 3.63. The number of nitrogens with zero attached hydrogens (tertiary/aromatic N) is 2. The lowest BCUT2D eigenvalue weighted by Crippen LogP contribution is -2.54. The zero-order chi connectivity index (χ0) is 15.6. The first kappa shape index (κ1) is 16.4. The second-order valence-corrected chi connectivity index (χ2v) is 7.83. The highest BCUT2D eigenvalue weighted by atomic mass is 79.9. The fourth-order valence-corrected chi connectivity index (χ4v) is 4.31. The highest BCUT2D eigenvalue weighted by Gasteiger charge is 2.31. The van der Waals surface area contributed by atoms with Gasteiger partial charge in [0.25, 0.3) is 0 Å². The fourth-order valence-electron chi connectivity index (χ4n) is 2.29. The van der Waals surface area contributed by atoms with E-state index in [1.165, 1.54) is 4.31 Å². The summed E-state index contributed by atoms with van der Waals surface area (Å²) in [5.41, 5.74) is 5.28. The van der Waals surface area contributed by atoms with Crippen LogP contribution in [-0.2, 0) is 14.8 Å². The number of carbonyl (C=O) groups is 1. The van der Waals surface area contributed by atoms with Gasteiger partial charge in [0.2, 0.25) is 15.9 Å². The Morgan fingerprint density at radius 1 is 1.29 bits per heavy atom. The number of amides is 1. The number of sulfonamides is 1. The molecule has 1 heterocycles. The van der Waals surface area contributed by atoms with Gasteiger partial charge in [0.05, 0.1) is 10.9 Å². The van der Waals surface area contributed by atoms with E-state index in [4.69, 9.17) is 5.73 Å². The van der Waals surface area contributed by atoms with Gasteiger partial charge in [-0.2, -0.15) is 4.31 Å². The van der Waals surface area contributed by atoms with Crippen LogP contribution in [0.2, 0.25) is 0 Å². The maximum Gasteiger partial charge on any atom is 0.243 e. The Labute approximate surface area is 133 Å². The topological polar surface area (TPSA) is 83.7 Å². The number of halogens is 1. The molecule has 1 aliphatic heterocycles. The zero-order valence-corrected chi connectivity index (χ0v) is 14.1. The first-order chi connectivity index (χ1) is 9.82. The van der Waals surface area contributed by atoms with Crippen molar-refractivity contribution in [2.75, 3.05) is 26.2 Å². The van der Waals surface area contributed by atoms with Crippen LogP contribution in [-0.4, -0.2) is 55.8 Å². The van der Waals surface area contributed by atoms with Crippen LogP contribution in [0, 0.1) is 0 Å². The Balaban J connectivity index is 2.09. The molecule has 1 saturated heterocycles. The van der Waals surface area contributed by atoms with Crippen LogP contribution >= 0.6 is 15.9 Å². The van der Waals surface area contributed by atoms with Gasteiger partial charge < -0.3 is 5.73 Å². The van der Waals surface area contributed by atoms with E-state index < -0.39 is 15.9 Å². The number of hydrogen-bond donors (Lipinski definition) is 1. The SMILES string of the molecule is C[C@H](C(N)=O)N1CCN(S(=O)(=O)c2cccc(Br)c2)CC1. The number of nitrogens with two attached hydrogens (primary N) is 1. The Bertz CT molecular complexity index is 627. The maximum absolute atomic E-state index is 12.5. The summed E-state index contributed by atoms with van der Waals surface area (Å²) in [5.74, 6) is -0.390. The molecule has 0 spiro atoms. The van der Waals surface area contributed by atoms with Crippen LogP contribution in [0.25, 0.3) is 0 Å². The van der Waals surface area contributed by atoms with E-state index in [1.54, 1.807) is 31.2 Å². The molecule has 2 rings (SSSR count). The number of benzene rings is 1. The third-order valence-electron chi connectivity index (χ3n) is 3.67. The Hall–Kier alpha value is -0.960. The number of hydrogen-bond acceptors (Lipinski definition) is 4. The molecule has 0 radical (unpaired) electrons. The Kier molecular flexibility index (Phi) is 5.03. The number of carbonyl (C=O) groups excluding carboxylic acids is 1. The molecule has 1 amide bonds. The van der Waals surface area contributed by atoms with Crippen molar-refractivity contribution in [3.63, 3.8) is 0 Å². The van der Waals surface area contributed by atoms with Gasteiger partial charge in [-0.25, -0.2) is 8.42 Å². The van der Waals surface area contributed by atoms with Gasteiger partial charge >= 0.3 is 0 Å². The lowest BCUT2D eigenvalue weighted by Gasteiger charge is -2.36. The fraction of sp³-hybridized carbons (Fsp3) is 0.462. The van der Waals surface area contributed by atoms with Crippen LogP contribution in [0.1, 0.15) is 6.92 Å². The van der Waals surface area contributed by atoms with Crippen LogP contribution in [0.15, 0.2) is 33.6 Å². The van der Waals surface area contributed by atoms with E-state index in [0.717, 1.165) is 4.47 Å². The Morgan fingerprint density at radius 2 is 1.90 bits per heavy atom. The standard InChI is InChI=1S/C13H18BrN3O3S/c1-10(13(15)18)16-5-7-17(8-6-16)21(19,20)12-4-2-3-11(14)9-12/h2-4,9-10H,5-8H2,1H3,(H2,15,18)/t10-/m1/s1. The molecule has 2 N–H and O–H groups in total. The molecular formula is C13H18BrN3O3S. The molecule has 0 aromatic heterocycles. The molecule has 116 valence electrons. The number of piperazine rings is 1. The minimum Gasteiger partial charge on any atom is -0.368 e. The molecular weight excluding hydrogens is 358 g/mol. The maximum atomic E-state index is 12.5. The molecule has 21 heavy (non-hydrogen) atoms. The molecule has 1 aromatic rings. The quantitative estimate of drug-likeness (QED) is 0.836. The van der Waals surface area contributed by atoms with Crippen molar-refractivity contribution in [3.05, 3.63) is 28.7 Å². The zero-order valence-electron chi connectivity index (χ0n) is 11.7. The number of rotatable bonds is 4. The first-order valence-corrected chi connectivity index (χ1v) is 8.85. The normalized spacial score (nSPS) is 19.3. The van der Waals surface area contributed by atoms with Gasteiger partial charge in [-0.15, -0.1) is 0 Å². The summed E-state index contributed by atoms with van der Waals surface area (Å²) >= 11 is 3.28. The van der Waals surface area contributed by atoms with Gasteiger partial charge in [0.15, 0.2) is 0 Å². The van der Waals surface area contributed by atoms with E-state index in [9.17, 15) is 13.2 Å². The van der Waals surface area contributed by atoms with Crippen molar-refractivity contribution in [3.8, 4) is 0 Å².